The summed E-state index contributed by atoms with van der Waals surface area (Å²) in [6.45, 7) is 1.03. The first-order valence-corrected chi connectivity index (χ1v) is 5.03. The standard InChI is InChI=1S/C13H13F3/c1-11(13(14,15)16)7-5-6-10-12-8-3-2-4-9-12/h2-5,8-9H,6,10H2,1H3. The molecule has 3 heteroatoms. The quantitative estimate of drug-likeness (QED) is 0.675. The summed E-state index contributed by atoms with van der Waals surface area (Å²) in [6, 6.07) is 9.64. The molecule has 1 aromatic carbocycles. The van der Waals surface area contributed by atoms with E-state index in [-0.39, 0.29) is 0 Å². The van der Waals surface area contributed by atoms with E-state index in [1.165, 1.54) is 6.08 Å². The fourth-order valence-electron chi connectivity index (χ4n) is 1.19. The molecule has 0 aliphatic heterocycles. The lowest BCUT2D eigenvalue weighted by atomic mass is 10.1. The van der Waals surface area contributed by atoms with Gasteiger partial charge in [-0.15, -0.1) is 5.73 Å². The normalized spacial score (nSPS) is 10.8. The molecule has 86 valence electrons. The van der Waals surface area contributed by atoms with Crippen molar-refractivity contribution in [3.05, 3.63) is 53.3 Å². The molecule has 0 bridgehead atoms. The van der Waals surface area contributed by atoms with Crippen LogP contribution in [0.3, 0.4) is 0 Å². The van der Waals surface area contributed by atoms with Crippen molar-refractivity contribution >= 4 is 0 Å². The molecule has 0 nitrogen and oxygen atoms in total. The van der Waals surface area contributed by atoms with Gasteiger partial charge in [-0.25, -0.2) is 0 Å². The molecular weight excluding hydrogens is 213 g/mol. The van der Waals surface area contributed by atoms with Crippen LogP contribution in [0.4, 0.5) is 13.2 Å². The van der Waals surface area contributed by atoms with E-state index in [2.05, 4.69) is 5.73 Å². The van der Waals surface area contributed by atoms with Crippen molar-refractivity contribution in [2.75, 3.05) is 0 Å². The SMILES string of the molecule is CC(=C=CCCc1ccccc1)C(F)(F)F. The van der Waals surface area contributed by atoms with Crippen LogP contribution < -0.4 is 0 Å². The summed E-state index contributed by atoms with van der Waals surface area (Å²) in [5.41, 5.74) is 2.70. The van der Waals surface area contributed by atoms with Gasteiger partial charge in [-0.05, 0) is 31.4 Å². The molecule has 0 radical (unpaired) electrons. The summed E-state index contributed by atoms with van der Waals surface area (Å²) < 4.78 is 36.2. The highest BCUT2D eigenvalue weighted by Gasteiger charge is 2.29. The van der Waals surface area contributed by atoms with Gasteiger partial charge in [0.2, 0.25) is 0 Å². The minimum atomic E-state index is -4.26. The van der Waals surface area contributed by atoms with Gasteiger partial charge in [-0.2, -0.15) is 13.2 Å². The highest BCUT2D eigenvalue weighted by molar-refractivity contribution is 5.15. The second-order valence-corrected chi connectivity index (χ2v) is 3.50. The summed E-state index contributed by atoms with van der Waals surface area (Å²) in [6.07, 6.45) is -1.52. The molecule has 0 atom stereocenters. The van der Waals surface area contributed by atoms with Crippen molar-refractivity contribution in [1.29, 1.82) is 0 Å². The van der Waals surface area contributed by atoms with Gasteiger partial charge in [0, 0.05) is 0 Å². The number of hydrogen-bond acceptors (Lipinski definition) is 0. The van der Waals surface area contributed by atoms with Gasteiger partial charge in [0.1, 0.15) is 0 Å². The van der Waals surface area contributed by atoms with Crippen molar-refractivity contribution in [2.45, 2.75) is 25.9 Å². The Labute approximate surface area is 93.1 Å². The molecule has 0 amide bonds. The van der Waals surface area contributed by atoms with E-state index in [1.54, 1.807) is 0 Å². The van der Waals surface area contributed by atoms with Crippen molar-refractivity contribution in [3.8, 4) is 0 Å². The van der Waals surface area contributed by atoms with E-state index in [1.807, 2.05) is 30.3 Å². The second-order valence-electron chi connectivity index (χ2n) is 3.50. The lowest BCUT2D eigenvalue weighted by Gasteiger charge is -2.02. The van der Waals surface area contributed by atoms with Crippen LogP contribution in [0.25, 0.3) is 0 Å². The van der Waals surface area contributed by atoms with E-state index in [9.17, 15) is 13.2 Å². The third kappa shape index (κ3) is 4.37. The van der Waals surface area contributed by atoms with Crippen LogP contribution in [0.2, 0.25) is 0 Å². The Morgan fingerprint density at radius 3 is 2.44 bits per heavy atom. The maximum Gasteiger partial charge on any atom is 0.419 e. The van der Waals surface area contributed by atoms with Gasteiger partial charge >= 0.3 is 6.18 Å². The van der Waals surface area contributed by atoms with E-state index in [4.69, 9.17) is 0 Å². The number of hydrogen-bond donors (Lipinski definition) is 0. The molecule has 0 saturated carbocycles. The van der Waals surface area contributed by atoms with Crippen molar-refractivity contribution in [1.82, 2.24) is 0 Å². The van der Waals surface area contributed by atoms with Gasteiger partial charge in [-0.1, -0.05) is 30.3 Å². The van der Waals surface area contributed by atoms with Crippen molar-refractivity contribution in [2.24, 2.45) is 0 Å². The maximum absolute atomic E-state index is 12.1. The average Bonchev–Trinajstić information content (AvgIpc) is 2.24. The number of allylic oxidation sites excluding steroid dienone is 1. The Balaban J connectivity index is 2.50. The molecule has 0 unspecified atom stereocenters. The molecule has 0 spiro atoms. The number of alkyl halides is 3. The summed E-state index contributed by atoms with van der Waals surface area (Å²) in [4.78, 5) is 0. The van der Waals surface area contributed by atoms with Crippen LogP contribution in [0, 0.1) is 0 Å². The van der Waals surface area contributed by atoms with Crippen molar-refractivity contribution < 1.29 is 13.2 Å². The van der Waals surface area contributed by atoms with Crippen LogP contribution in [0.15, 0.2) is 47.7 Å². The van der Waals surface area contributed by atoms with Crippen LogP contribution in [-0.2, 0) is 6.42 Å². The first-order valence-electron chi connectivity index (χ1n) is 5.03. The Kier molecular flexibility index (Phi) is 4.39. The van der Waals surface area contributed by atoms with E-state index in [0.717, 1.165) is 18.9 Å². The lowest BCUT2D eigenvalue weighted by molar-refractivity contribution is -0.0911. The number of halogens is 3. The molecule has 1 aromatic rings. The molecule has 1 rings (SSSR count). The molecule has 0 aliphatic rings. The Morgan fingerprint density at radius 1 is 1.25 bits per heavy atom. The topological polar surface area (TPSA) is 0 Å². The van der Waals surface area contributed by atoms with Crippen LogP contribution >= 0.6 is 0 Å². The first-order chi connectivity index (χ1) is 7.50. The molecule has 0 aliphatic carbocycles. The Morgan fingerprint density at radius 2 is 1.88 bits per heavy atom. The third-order valence-corrected chi connectivity index (χ3v) is 2.16. The number of aryl methyl sites for hydroxylation is 1. The summed E-state index contributed by atoms with van der Waals surface area (Å²) in [5.74, 6) is 0. The third-order valence-electron chi connectivity index (χ3n) is 2.16. The highest BCUT2D eigenvalue weighted by atomic mass is 19.4. The predicted molar refractivity (Wildman–Crippen MR) is 58.1 cm³/mol. The van der Waals surface area contributed by atoms with E-state index < -0.39 is 11.7 Å². The van der Waals surface area contributed by atoms with Gasteiger partial charge in [0.25, 0.3) is 0 Å². The zero-order valence-corrected chi connectivity index (χ0v) is 9.01. The summed E-state index contributed by atoms with van der Waals surface area (Å²) in [5, 5.41) is 0. The summed E-state index contributed by atoms with van der Waals surface area (Å²) >= 11 is 0. The number of rotatable bonds is 3. The van der Waals surface area contributed by atoms with Gasteiger partial charge in [0.05, 0.1) is 5.57 Å². The van der Waals surface area contributed by atoms with Crippen LogP contribution in [0.5, 0.6) is 0 Å². The Hall–Kier alpha value is -1.47. The fourth-order valence-corrected chi connectivity index (χ4v) is 1.19. The molecule has 0 aromatic heterocycles. The van der Waals surface area contributed by atoms with E-state index in [0.29, 0.717) is 6.42 Å². The molecule has 0 N–H and O–H groups in total. The molecule has 0 fully saturated rings. The minimum absolute atomic E-state index is 0.567. The van der Waals surface area contributed by atoms with Gasteiger partial charge in [0.15, 0.2) is 0 Å². The lowest BCUT2D eigenvalue weighted by Crippen LogP contribution is -2.07. The zero-order chi connectivity index (χ0) is 12.0. The first kappa shape index (κ1) is 12.6. The van der Waals surface area contributed by atoms with Crippen LogP contribution in [-0.4, -0.2) is 6.18 Å². The smallest absolute Gasteiger partial charge is 0.166 e. The average molecular weight is 226 g/mol. The molecular formula is C13H13F3. The molecule has 0 saturated heterocycles. The Bertz CT molecular complexity index is 381. The van der Waals surface area contributed by atoms with Crippen molar-refractivity contribution in [3.63, 3.8) is 0 Å². The predicted octanol–water partition coefficient (Wildman–Crippen LogP) is 4.28. The zero-order valence-electron chi connectivity index (χ0n) is 9.01. The number of benzene rings is 1. The second kappa shape index (κ2) is 5.57. The summed E-state index contributed by atoms with van der Waals surface area (Å²) in [7, 11) is 0. The van der Waals surface area contributed by atoms with E-state index >= 15 is 0 Å². The molecule has 0 heterocycles. The fraction of sp³-hybridized carbons (Fsp3) is 0.308. The highest BCUT2D eigenvalue weighted by Crippen LogP contribution is 2.23. The van der Waals surface area contributed by atoms with Crippen LogP contribution in [0.1, 0.15) is 18.9 Å². The van der Waals surface area contributed by atoms with Gasteiger partial charge in [-0.3, -0.25) is 0 Å². The minimum Gasteiger partial charge on any atom is -0.166 e. The maximum atomic E-state index is 12.1. The van der Waals surface area contributed by atoms with Gasteiger partial charge < -0.3 is 0 Å². The molecule has 16 heavy (non-hydrogen) atoms. The monoisotopic (exact) mass is 226 g/mol. The largest absolute Gasteiger partial charge is 0.419 e.